The Kier molecular flexibility index (Phi) is 5.36. The van der Waals surface area contributed by atoms with Crippen molar-refractivity contribution in [3.05, 3.63) is 52.5 Å². The molecule has 2 aromatic rings. The summed E-state index contributed by atoms with van der Waals surface area (Å²) >= 11 is 3.35. The van der Waals surface area contributed by atoms with E-state index in [0.29, 0.717) is 22.9 Å². The van der Waals surface area contributed by atoms with Crippen molar-refractivity contribution in [3.8, 4) is 11.5 Å². The van der Waals surface area contributed by atoms with Crippen molar-refractivity contribution < 1.29 is 17.9 Å². The van der Waals surface area contributed by atoms with Crippen LogP contribution in [0.4, 0.5) is 0 Å². The van der Waals surface area contributed by atoms with E-state index in [4.69, 9.17) is 9.47 Å². The second-order valence-electron chi connectivity index (χ2n) is 5.84. The molecule has 2 aromatic carbocycles. The number of sulfonamides is 1. The van der Waals surface area contributed by atoms with Gasteiger partial charge in [-0.05, 0) is 37.1 Å². The maximum absolute atomic E-state index is 13.1. The van der Waals surface area contributed by atoms with Crippen molar-refractivity contribution in [2.24, 2.45) is 0 Å². The highest BCUT2D eigenvalue weighted by molar-refractivity contribution is 9.10. The van der Waals surface area contributed by atoms with Gasteiger partial charge in [0.2, 0.25) is 10.0 Å². The lowest BCUT2D eigenvalue weighted by molar-refractivity contribution is 0.361. The number of benzene rings is 2. The van der Waals surface area contributed by atoms with Crippen molar-refractivity contribution in [3.63, 3.8) is 0 Å². The minimum Gasteiger partial charge on any atom is -0.497 e. The molecule has 134 valence electrons. The predicted molar refractivity (Wildman–Crippen MR) is 99.6 cm³/mol. The molecule has 0 N–H and O–H groups in total. The normalized spacial score (nSPS) is 18.3. The van der Waals surface area contributed by atoms with Gasteiger partial charge in [-0.3, -0.25) is 0 Å². The van der Waals surface area contributed by atoms with Crippen LogP contribution in [0, 0.1) is 0 Å². The number of halogens is 1. The van der Waals surface area contributed by atoms with Crippen molar-refractivity contribution in [2.75, 3.05) is 20.8 Å². The van der Waals surface area contributed by atoms with Crippen LogP contribution in [0.3, 0.4) is 0 Å². The van der Waals surface area contributed by atoms with Crippen molar-refractivity contribution in [1.29, 1.82) is 0 Å². The first-order valence-electron chi connectivity index (χ1n) is 7.96. The maximum Gasteiger partial charge on any atom is 0.243 e. The second-order valence-corrected chi connectivity index (χ2v) is 8.65. The van der Waals surface area contributed by atoms with Gasteiger partial charge in [-0.15, -0.1) is 0 Å². The molecule has 1 unspecified atom stereocenters. The molecule has 1 aliphatic heterocycles. The number of hydrogen-bond acceptors (Lipinski definition) is 4. The predicted octanol–water partition coefficient (Wildman–Crippen LogP) is 3.99. The zero-order chi connectivity index (χ0) is 18.0. The van der Waals surface area contributed by atoms with Gasteiger partial charge in [0.1, 0.15) is 11.5 Å². The quantitative estimate of drug-likeness (QED) is 0.726. The molecule has 5 nitrogen and oxygen atoms in total. The van der Waals surface area contributed by atoms with E-state index in [-0.39, 0.29) is 6.04 Å². The first-order valence-corrected chi connectivity index (χ1v) is 10.2. The van der Waals surface area contributed by atoms with Crippen molar-refractivity contribution >= 4 is 26.0 Å². The Labute approximate surface area is 156 Å². The zero-order valence-corrected chi connectivity index (χ0v) is 16.5. The van der Waals surface area contributed by atoms with Crippen LogP contribution in [-0.2, 0) is 10.0 Å². The standard InChI is InChI=1S/C18H20BrNO4S/c1-23-14-8-9-16(18(12-14)24-2)17-7-4-10-20(17)25(21,22)15-6-3-5-13(19)11-15/h3,5-6,8-9,11-12,17H,4,7,10H2,1-2H3. The van der Waals surface area contributed by atoms with Crippen molar-refractivity contribution in [1.82, 2.24) is 4.31 Å². The Balaban J connectivity index is 2.01. The van der Waals surface area contributed by atoms with E-state index in [9.17, 15) is 8.42 Å². The highest BCUT2D eigenvalue weighted by atomic mass is 79.9. The topological polar surface area (TPSA) is 55.8 Å². The molecule has 1 saturated heterocycles. The molecule has 1 heterocycles. The summed E-state index contributed by atoms with van der Waals surface area (Å²) in [4.78, 5) is 0.293. The fourth-order valence-corrected chi connectivity index (χ4v) is 5.47. The molecule has 0 saturated carbocycles. The molecule has 1 atom stereocenters. The lowest BCUT2D eigenvalue weighted by Gasteiger charge is -2.26. The Morgan fingerprint density at radius 1 is 1.12 bits per heavy atom. The van der Waals surface area contributed by atoms with Gasteiger partial charge < -0.3 is 9.47 Å². The van der Waals surface area contributed by atoms with Gasteiger partial charge in [-0.25, -0.2) is 8.42 Å². The molecular weight excluding hydrogens is 406 g/mol. The largest absolute Gasteiger partial charge is 0.497 e. The van der Waals surface area contributed by atoms with Crippen LogP contribution in [0.5, 0.6) is 11.5 Å². The molecule has 1 aliphatic rings. The van der Waals surface area contributed by atoms with Gasteiger partial charge in [0.05, 0.1) is 25.2 Å². The monoisotopic (exact) mass is 425 g/mol. The fraction of sp³-hybridized carbons (Fsp3) is 0.333. The first-order chi connectivity index (χ1) is 12.0. The number of rotatable bonds is 5. The molecule has 0 bridgehead atoms. The average Bonchev–Trinajstić information content (AvgIpc) is 3.11. The van der Waals surface area contributed by atoms with Gasteiger partial charge >= 0.3 is 0 Å². The highest BCUT2D eigenvalue weighted by Crippen LogP contribution is 2.41. The summed E-state index contributed by atoms with van der Waals surface area (Å²) in [6, 6.07) is 12.1. The first kappa shape index (κ1) is 18.2. The molecule has 25 heavy (non-hydrogen) atoms. The SMILES string of the molecule is COc1ccc(C2CCCN2S(=O)(=O)c2cccc(Br)c2)c(OC)c1. The van der Waals surface area contributed by atoms with Gasteiger partial charge in [-0.2, -0.15) is 4.31 Å². The van der Waals surface area contributed by atoms with Crippen LogP contribution in [0.25, 0.3) is 0 Å². The van der Waals surface area contributed by atoms with E-state index in [1.165, 1.54) is 0 Å². The number of methoxy groups -OCH3 is 2. The minimum atomic E-state index is -3.58. The van der Waals surface area contributed by atoms with E-state index < -0.39 is 10.0 Å². The summed E-state index contributed by atoms with van der Waals surface area (Å²) in [6.07, 6.45) is 1.57. The Hall–Kier alpha value is -1.57. The number of hydrogen-bond donors (Lipinski definition) is 0. The molecule has 0 aromatic heterocycles. The Morgan fingerprint density at radius 3 is 2.60 bits per heavy atom. The van der Waals surface area contributed by atoms with E-state index in [2.05, 4.69) is 15.9 Å². The third kappa shape index (κ3) is 3.54. The molecule has 1 fully saturated rings. The van der Waals surface area contributed by atoms with Crippen LogP contribution >= 0.6 is 15.9 Å². The summed E-state index contributed by atoms with van der Waals surface area (Å²) in [5.74, 6) is 1.32. The third-order valence-corrected chi connectivity index (χ3v) is 6.80. The molecule has 7 heteroatoms. The summed E-state index contributed by atoms with van der Waals surface area (Å²) < 4.78 is 39.3. The molecule has 0 amide bonds. The molecular formula is C18H20BrNO4S. The minimum absolute atomic E-state index is 0.246. The van der Waals surface area contributed by atoms with Crippen molar-refractivity contribution in [2.45, 2.75) is 23.8 Å². The number of nitrogens with zero attached hydrogens (tertiary/aromatic N) is 1. The Morgan fingerprint density at radius 2 is 1.92 bits per heavy atom. The van der Waals surface area contributed by atoms with Gasteiger partial charge in [0.15, 0.2) is 0 Å². The average molecular weight is 426 g/mol. The van der Waals surface area contributed by atoms with E-state index in [1.54, 1.807) is 42.8 Å². The van der Waals surface area contributed by atoms with Crippen LogP contribution in [0.2, 0.25) is 0 Å². The fourth-order valence-electron chi connectivity index (χ4n) is 3.20. The van der Waals surface area contributed by atoms with E-state index in [0.717, 1.165) is 22.9 Å². The highest BCUT2D eigenvalue weighted by Gasteiger charge is 2.37. The summed E-state index contributed by atoms with van der Waals surface area (Å²) in [6.45, 7) is 0.495. The van der Waals surface area contributed by atoms with Gasteiger partial charge in [-0.1, -0.05) is 28.1 Å². The summed E-state index contributed by atoms with van der Waals surface area (Å²) in [5.41, 5.74) is 0.861. The molecule has 0 aliphatic carbocycles. The van der Waals surface area contributed by atoms with Crippen LogP contribution in [0.1, 0.15) is 24.4 Å². The van der Waals surface area contributed by atoms with Crippen LogP contribution in [-0.4, -0.2) is 33.5 Å². The maximum atomic E-state index is 13.1. The van der Waals surface area contributed by atoms with E-state index in [1.807, 2.05) is 18.2 Å². The third-order valence-electron chi connectivity index (χ3n) is 4.41. The molecule has 0 radical (unpaired) electrons. The van der Waals surface area contributed by atoms with E-state index >= 15 is 0 Å². The van der Waals surface area contributed by atoms with Crippen LogP contribution in [0.15, 0.2) is 51.8 Å². The lowest BCUT2D eigenvalue weighted by Crippen LogP contribution is -2.30. The lowest BCUT2D eigenvalue weighted by atomic mass is 10.0. The van der Waals surface area contributed by atoms with Gasteiger partial charge in [0, 0.05) is 22.6 Å². The zero-order valence-electron chi connectivity index (χ0n) is 14.1. The smallest absolute Gasteiger partial charge is 0.243 e. The summed E-state index contributed by atoms with van der Waals surface area (Å²) in [5, 5.41) is 0. The van der Waals surface area contributed by atoms with Crippen LogP contribution < -0.4 is 9.47 Å². The number of ether oxygens (including phenoxy) is 2. The van der Waals surface area contributed by atoms with Gasteiger partial charge in [0.25, 0.3) is 0 Å². The molecule has 3 rings (SSSR count). The molecule has 0 spiro atoms. The second kappa shape index (κ2) is 7.35. The summed E-state index contributed by atoms with van der Waals surface area (Å²) in [7, 11) is -0.408. The Bertz CT molecular complexity index is 869.